The molecule has 0 fully saturated rings. The van der Waals surface area contributed by atoms with Gasteiger partial charge in [-0.15, -0.1) is 11.8 Å². The largest absolute Gasteiger partial charge is 0.492 e. The van der Waals surface area contributed by atoms with Gasteiger partial charge in [-0.1, -0.05) is 42.0 Å². The van der Waals surface area contributed by atoms with Crippen molar-refractivity contribution in [3.05, 3.63) is 83.9 Å². The zero-order valence-electron chi connectivity index (χ0n) is 25.4. The summed E-state index contributed by atoms with van der Waals surface area (Å²) in [7, 11) is -4.21. The van der Waals surface area contributed by atoms with Gasteiger partial charge < -0.3 is 15.0 Å². The third-order valence-electron chi connectivity index (χ3n) is 6.50. The van der Waals surface area contributed by atoms with Crippen LogP contribution in [-0.4, -0.2) is 56.1 Å². The van der Waals surface area contributed by atoms with Gasteiger partial charge >= 0.3 is 0 Å². The molecule has 0 aliphatic rings. The van der Waals surface area contributed by atoms with Crippen LogP contribution in [0.4, 0.5) is 5.69 Å². The number of hydrogen-bond acceptors (Lipinski definition) is 6. The van der Waals surface area contributed by atoms with Crippen LogP contribution in [0.3, 0.4) is 0 Å². The highest BCUT2D eigenvalue weighted by molar-refractivity contribution is 7.98. The molecule has 0 radical (unpaired) electrons. The van der Waals surface area contributed by atoms with Gasteiger partial charge in [0.05, 0.1) is 17.2 Å². The average Bonchev–Trinajstić information content (AvgIpc) is 2.94. The van der Waals surface area contributed by atoms with Crippen LogP contribution < -0.4 is 14.4 Å². The normalized spacial score (nSPS) is 12.4. The molecule has 3 rings (SSSR count). The number of ether oxygens (including phenoxy) is 1. The molecule has 0 aromatic heterocycles. The number of nitrogens with zero attached hydrogens (tertiary/aromatic N) is 2. The number of hydrogen-bond donors (Lipinski definition) is 1. The molecular formula is C32H41N3O5S2. The Morgan fingerprint density at radius 3 is 2.17 bits per heavy atom. The Bertz CT molecular complexity index is 1470. The summed E-state index contributed by atoms with van der Waals surface area (Å²) >= 11 is 1.50. The van der Waals surface area contributed by atoms with Gasteiger partial charge in [0.2, 0.25) is 11.8 Å². The molecule has 1 atom stereocenters. The first kappa shape index (κ1) is 33.0. The molecular weight excluding hydrogens is 571 g/mol. The van der Waals surface area contributed by atoms with Crippen molar-refractivity contribution in [2.75, 3.05) is 23.7 Å². The van der Waals surface area contributed by atoms with Crippen LogP contribution in [0, 0.1) is 6.92 Å². The summed E-state index contributed by atoms with van der Waals surface area (Å²) < 4.78 is 35.1. The van der Waals surface area contributed by atoms with E-state index in [-0.39, 0.29) is 23.0 Å². The fraction of sp³-hybridized carbons (Fsp3) is 0.375. The van der Waals surface area contributed by atoms with E-state index in [1.165, 1.54) is 28.8 Å². The summed E-state index contributed by atoms with van der Waals surface area (Å²) in [5, 5.41) is 2.94. The van der Waals surface area contributed by atoms with Gasteiger partial charge in [0.15, 0.2) is 0 Å². The van der Waals surface area contributed by atoms with E-state index in [0.29, 0.717) is 12.4 Å². The Hall–Kier alpha value is -3.50. The number of carbonyl (C=O) groups excluding carboxylic acids is 2. The van der Waals surface area contributed by atoms with E-state index >= 15 is 0 Å². The minimum absolute atomic E-state index is 0.0445. The smallest absolute Gasteiger partial charge is 0.264 e. The third-order valence-corrected chi connectivity index (χ3v) is 9.02. The van der Waals surface area contributed by atoms with Crippen molar-refractivity contribution in [1.29, 1.82) is 0 Å². The van der Waals surface area contributed by atoms with E-state index in [2.05, 4.69) is 5.32 Å². The summed E-state index contributed by atoms with van der Waals surface area (Å²) in [4.78, 5) is 29.8. The standard InChI is InChI=1S/C32H41N3O5S2/c1-8-40-29-12-10-9-11-28(29)35(42(38,39)27-19-17-26(41-7)18-20-27)22-30(36)34(21-25-15-13-23(2)14-16-25)24(3)31(37)33-32(4,5)6/h9-20,24H,8,21-22H2,1-7H3,(H,33,37)/t24-/m0/s1. The maximum absolute atomic E-state index is 14.2. The fourth-order valence-corrected chi connectivity index (χ4v) is 6.11. The molecule has 8 nitrogen and oxygen atoms in total. The number of aryl methyl sites for hydroxylation is 1. The van der Waals surface area contributed by atoms with E-state index in [9.17, 15) is 18.0 Å². The summed E-state index contributed by atoms with van der Waals surface area (Å²) in [6, 6.07) is 20.1. The number of rotatable bonds is 12. The van der Waals surface area contributed by atoms with Crippen LogP contribution in [0.5, 0.6) is 5.75 Å². The number of para-hydroxylation sites is 2. The lowest BCUT2D eigenvalue weighted by molar-refractivity contribution is -0.140. The minimum Gasteiger partial charge on any atom is -0.492 e. The number of amides is 2. The molecule has 3 aromatic rings. The number of carbonyl (C=O) groups is 2. The van der Waals surface area contributed by atoms with Gasteiger partial charge in [-0.2, -0.15) is 0 Å². The second kappa shape index (κ2) is 14.1. The van der Waals surface area contributed by atoms with E-state index in [1.807, 2.05) is 58.2 Å². The molecule has 3 aromatic carbocycles. The van der Waals surface area contributed by atoms with Crippen molar-refractivity contribution in [2.24, 2.45) is 0 Å². The van der Waals surface area contributed by atoms with E-state index in [1.54, 1.807) is 50.2 Å². The SMILES string of the molecule is CCOc1ccccc1N(CC(=O)N(Cc1ccc(C)cc1)[C@@H](C)C(=O)NC(C)(C)C)S(=O)(=O)c1ccc(SC)cc1. The maximum atomic E-state index is 14.2. The summed E-state index contributed by atoms with van der Waals surface area (Å²) in [5.74, 6) is -0.525. The van der Waals surface area contributed by atoms with Crippen LogP contribution >= 0.6 is 11.8 Å². The Balaban J connectivity index is 2.09. The monoisotopic (exact) mass is 611 g/mol. The molecule has 0 saturated carbocycles. The quantitative estimate of drug-likeness (QED) is 0.266. The lowest BCUT2D eigenvalue weighted by atomic mass is 10.1. The second-order valence-electron chi connectivity index (χ2n) is 11.0. The van der Waals surface area contributed by atoms with Gasteiger partial charge in [0, 0.05) is 17.0 Å². The minimum atomic E-state index is -4.21. The van der Waals surface area contributed by atoms with Gasteiger partial charge in [-0.25, -0.2) is 8.42 Å². The van der Waals surface area contributed by atoms with Crippen molar-refractivity contribution in [3.63, 3.8) is 0 Å². The number of thioether (sulfide) groups is 1. The number of benzene rings is 3. The average molecular weight is 612 g/mol. The van der Waals surface area contributed by atoms with Crippen LogP contribution in [0.25, 0.3) is 0 Å². The first-order valence-corrected chi connectivity index (χ1v) is 16.5. The van der Waals surface area contributed by atoms with Crippen molar-refractivity contribution >= 4 is 39.3 Å². The Morgan fingerprint density at radius 2 is 1.60 bits per heavy atom. The van der Waals surface area contributed by atoms with Crippen molar-refractivity contribution in [2.45, 2.75) is 69.5 Å². The summed E-state index contributed by atoms with van der Waals surface area (Å²) in [6.45, 7) is 10.9. The molecule has 10 heteroatoms. The van der Waals surface area contributed by atoms with Crippen LogP contribution in [0.1, 0.15) is 45.7 Å². The third kappa shape index (κ3) is 8.51. The maximum Gasteiger partial charge on any atom is 0.264 e. The van der Waals surface area contributed by atoms with Crippen LogP contribution in [0.2, 0.25) is 0 Å². The predicted octanol–water partition coefficient (Wildman–Crippen LogP) is 5.64. The molecule has 0 saturated heterocycles. The molecule has 0 unspecified atom stereocenters. The van der Waals surface area contributed by atoms with Crippen LogP contribution in [-0.2, 0) is 26.2 Å². The molecule has 2 amide bonds. The fourth-order valence-electron chi connectivity index (χ4n) is 4.28. The van der Waals surface area contributed by atoms with Crippen molar-refractivity contribution in [3.8, 4) is 5.75 Å². The molecule has 0 aliphatic carbocycles. The van der Waals surface area contributed by atoms with E-state index in [4.69, 9.17) is 4.74 Å². The highest BCUT2D eigenvalue weighted by atomic mass is 32.2. The Morgan fingerprint density at radius 1 is 0.976 bits per heavy atom. The van der Waals surface area contributed by atoms with Crippen LogP contribution in [0.15, 0.2) is 82.6 Å². The first-order valence-electron chi connectivity index (χ1n) is 13.8. The lowest BCUT2D eigenvalue weighted by Crippen LogP contribution is -2.54. The Labute approximate surface area is 254 Å². The number of sulfonamides is 1. The Kier molecular flexibility index (Phi) is 11.1. The second-order valence-corrected chi connectivity index (χ2v) is 13.8. The van der Waals surface area contributed by atoms with Gasteiger partial charge in [0.25, 0.3) is 10.0 Å². The van der Waals surface area contributed by atoms with E-state index in [0.717, 1.165) is 20.3 Å². The van der Waals surface area contributed by atoms with Crippen molar-refractivity contribution in [1.82, 2.24) is 10.2 Å². The lowest BCUT2D eigenvalue weighted by Gasteiger charge is -2.33. The number of anilines is 1. The van der Waals surface area contributed by atoms with Gasteiger partial charge in [0.1, 0.15) is 18.3 Å². The summed E-state index contributed by atoms with van der Waals surface area (Å²) in [6.07, 6.45) is 1.91. The highest BCUT2D eigenvalue weighted by Gasteiger charge is 2.34. The first-order chi connectivity index (χ1) is 19.8. The molecule has 226 valence electrons. The number of nitrogens with one attached hydrogen (secondary N) is 1. The zero-order chi connectivity index (χ0) is 31.1. The topological polar surface area (TPSA) is 96.0 Å². The summed E-state index contributed by atoms with van der Waals surface area (Å²) in [5.41, 5.74) is 1.61. The predicted molar refractivity (Wildman–Crippen MR) is 169 cm³/mol. The highest BCUT2D eigenvalue weighted by Crippen LogP contribution is 2.33. The van der Waals surface area contributed by atoms with Crippen molar-refractivity contribution < 1.29 is 22.7 Å². The molecule has 0 aliphatic heterocycles. The van der Waals surface area contributed by atoms with Gasteiger partial charge in [-0.3, -0.25) is 13.9 Å². The molecule has 0 bridgehead atoms. The van der Waals surface area contributed by atoms with Gasteiger partial charge in [-0.05, 0) is 89.8 Å². The molecule has 1 N–H and O–H groups in total. The molecule has 0 heterocycles. The zero-order valence-corrected chi connectivity index (χ0v) is 27.0. The molecule has 0 spiro atoms. The van der Waals surface area contributed by atoms with E-state index < -0.39 is 34.1 Å². The molecule has 42 heavy (non-hydrogen) atoms.